The standard InChI is InChI=1S/C23H26N2O/c1-6-12-25(13-7-1)14-15-26-24-23-19-10-4-2-8-17(19)21-16-22(21)18-9-3-5-11-20(18)23/h2-5,8,10-11,21H,1,6-7,9,12-16H2. The molecule has 0 N–H and O–H groups in total. The van der Waals surface area contributed by atoms with Gasteiger partial charge in [0.05, 0.1) is 0 Å². The molecule has 134 valence electrons. The Bertz CT molecular complexity index is 824. The Morgan fingerprint density at radius 3 is 2.92 bits per heavy atom. The number of likely N-dealkylation sites (tertiary alicyclic amines) is 1. The summed E-state index contributed by atoms with van der Waals surface area (Å²) in [5, 5.41) is 4.66. The summed E-state index contributed by atoms with van der Waals surface area (Å²) < 4.78 is 0. The lowest BCUT2D eigenvalue weighted by atomic mass is 9.90. The lowest BCUT2D eigenvalue weighted by molar-refractivity contribution is 0.103. The molecule has 1 aromatic carbocycles. The van der Waals surface area contributed by atoms with E-state index in [9.17, 15) is 0 Å². The molecule has 1 aromatic rings. The highest BCUT2D eigenvalue weighted by molar-refractivity contribution is 6.17. The Labute approximate surface area is 155 Å². The van der Waals surface area contributed by atoms with Crippen LogP contribution in [0.1, 0.15) is 49.1 Å². The van der Waals surface area contributed by atoms with E-state index in [4.69, 9.17) is 4.84 Å². The maximum atomic E-state index is 5.85. The van der Waals surface area contributed by atoms with E-state index in [1.807, 2.05) is 0 Å². The lowest BCUT2D eigenvalue weighted by Crippen LogP contribution is -2.32. The number of nitrogens with zero attached hydrogens (tertiary/aromatic N) is 2. The smallest absolute Gasteiger partial charge is 0.129 e. The first-order chi connectivity index (χ1) is 12.9. The van der Waals surface area contributed by atoms with Gasteiger partial charge in [0.1, 0.15) is 12.3 Å². The monoisotopic (exact) mass is 346 g/mol. The number of allylic oxidation sites excluding steroid dienone is 6. The number of rotatable bonds is 4. The Balaban J connectivity index is 1.40. The van der Waals surface area contributed by atoms with E-state index < -0.39 is 0 Å². The topological polar surface area (TPSA) is 24.8 Å². The number of fused-ring (bicyclic) bond motifs is 4. The van der Waals surface area contributed by atoms with Crippen LogP contribution < -0.4 is 0 Å². The summed E-state index contributed by atoms with van der Waals surface area (Å²) >= 11 is 0. The molecule has 26 heavy (non-hydrogen) atoms. The van der Waals surface area contributed by atoms with Gasteiger partial charge in [-0.15, -0.1) is 0 Å². The minimum absolute atomic E-state index is 0.595. The van der Waals surface area contributed by atoms with E-state index in [-0.39, 0.29) is 0 Å². The molecular formula is C23H26N2O. The van der Waals surface area contributed by atoms with Gasteiger partial charge in [-0.3, -0.25) is 4.90 Å². The van der Waals surface area contributed by atoms with Crippen molar-refractivity contribution in [2.45, 2.75) is 38.0 Å². The van der Waals surface area contributed by atoms with Gasteiger partial charge >= 0.3 is 0 Å². The first-order valence-corrected chi connectivity index (χ1v) is 10.0. The Morgan fingerprint density at radius 1 is 1.12 bits per heavy atom. The van der Waals surface area contributed by atoms with E-state index in [1.165, 1.54) is 61.0 Å². The van der Waals surface area contributed by atoms with Gasteiger partial charge in [0.25, 0.3) is 0 Å². The van der Waals surface area contributed by atoms with E-state index >= 15 is 0 Å². The van der Waals surface area contributed by atoms with Crippen molar-refractivity contribution in [2.75, 3.05) is 26.2 Å². The van der Waals surface area contributed by atoms with Crippen molar-refractivity contribution in [1.82, 2.24) is 4.90 Å². The molecule has 1 atom stereocenters. The Morgan fingerprint density at radius 2 is 2.00 bits per heavy atom. The molecule has 1 aliphatic heterocycles. The number of piperidine rings is 1. The second-order valence-corrected chi connectivity index (χ2v) is 7.74. The van der Waals surface area contributed by atoms with Crippen LogP contribution in [0.15, 0.2) is 64.4 Å². The van der Waals surface area contributed by atoms with Crippen LogP contribution >= 0.6 is 0 Å². The number of oxime groups is 1. The van der Waals surface area contributed by atoms with Gasteiger partial charge in [0.2, 0.25) is 0 Å². The molecule has 0 radical (unpaired) electrons. The molecule has 1 unspecified atom stereocenters. The second kappa shape index (κ2) is 6.88. The predicted octanol–water partition coefficient (Wildman–Crippen LogP) is 4.58. The van der Waals surface area contributed by atoms with Gasteiger partial charge in [-0.2, -0.15) is 0 Å². The van der Waals surface area contributed by atoms with E-state index in [0.717, 1.165) is 18.7 Å². The van der Waals surface area contributed by atoms with Crippen LogP contribution in [-0.4, -0.2) is 36.9 Å². The fraction of sp³-hybridized carbons (Fsp3) is 0.435. The average molecular weight is 346 g/mol. The third-order valence-electron chi connectivity index (χ3n) is 6.07. The van der Waals surface area contributed by atoms with Crippen LogP contribution in [0.25, 0.3) is 0 Å². The summed E-state index contributed by atoms with van der Waals surface area (Å²) in [7, 11) is 0. The highest BCUT2D eigenvalue weighted by Crippen LogP contribution is 2.54. The van der Waals surface area contributed by atoms with Gasteiger partial charge in [-0.05, 0) is 49.9 Å². The molecule has 4 aliphatic rings. The highest BCUT2D eigenvalue weighted by Gasteiger charge is 2.40. The third-order valence-corrected chi connectivity index (χ3v) is 6.07. The summed E-state index contributed by atoms with van der Waals surface area (Å²) in [6, 6.07) is 8.74. The fourth-order valence-electron chi connectivity index (χ4n) is 4.60. The second-order valence-electron chi connectivity index (χ2n) is 7.74. The van der Waals surface area contributed by atoms with Gasteiger partial charge in [0.15, 0.2) is 0 Å². The third kappa shape index (κ3) is 2.95. The van der Waals surface area contributed by atoms with Crippen LogP contribution in [0.5, 0.6) is 0 Å². The minimum atomic E-state index is 0.595. The van der Waals surface area contributed by atoms with Crippen molar-refractivity contribution in [3.05, 3.63) is 70.3 Å². The molecule has 1 saturated carbocycles. The van der Waals surface area contributed by atoms with Crippen molar-refractivity contribution < 1.29 is 4.84 Å². The molecule has 0 spiro atoms. The summed E-state index contributed by atoms with van der Waals surface area (Å²) in [5.74, 6) is 0.595. The SMILES string of the molecule is C1=CCC2=C3CC3c3ccccc3C(=NOCCN3CCCCC3)C2=C1. The van der Waals surface area contributed by atoms with Gasteiger partial charge < -0.3 is 4.84 Å². The molecule has 1 heterocycles. The zero-order valence-electron chi connectivity index (χ0n) is 15.3. The van der Waals surface area contributed by atoms with Crippen molar-refractivity contribution in [2.24, 2.45) is 5.16 Å². The zero-order chi connectivity index (χ0) is 17.3. The van der Waals surface area contributed by atoms with E-state index in [1.54, 1.807) is 5.57 Å². The number of hydrogen-bond acceptors (Lipinski definition) is 3. The van der Waals surface area contributed by atoms with Crippen LogP contribution in [-0.2, 0) is 4.84 Å². The van der Waals surface area contributed by atoms with Crippen molar-refractivity contribution >= 4 is 5.71 Å². The number of benzene rings is 1. The van der Waals surface area contributed by atoms with Crippen molar-refractivity contribution in [3.63, 3.8) is 0 Å². The van der Waals surface area contributed by atoms with Crippen molar-refractivity contribution in [1.29, 1.82) is 0 Å². The minimum Gasteiger partial charge on any atom is -0.394 e. The van der Waals surface area contributed by atoms with Crippen molar-refractivity contribution in [3.8, 4) is 0 Å². The van der Waals surface area contributed by atoms with Crippen LogP contribution in [0.3, 0.4) is 0 Å². The quantitative estimate of drug-likeness (QED) is 0.589. The van der Waals surface area contributed by atoms with Gasteiger partial charge in [-0.1, -0.05) is 59.6 Å². The molecular weight excluding hydrogens is 320 g/mol. The largest absolute Gasteiger partial charge is 0.394 e. The molecule has 3 heteroatoms. The normalized spacial score (nSPS) is 25.9. The first-order valence-electron chi connectivity index (χ1n) is 10.0. The molecule has 1 saturated heterocycles. The molecule has 3 nitrogen and oxygen atoms in total. The molecule has 5 rings (SSSR count). The fourth-order valence-corrected chi connectivity index (χ4v) is 4.60. The van der Waals surface area contributed by atoms with E-state index in [0.29, 0.717) is 12.5 Å². The Kier molecular flexibility index (Phi) is 4.25. The highest BCUT2D eigenvalue weighted by atomic mass is 16.6. The summed E-state index contributed by atoms with van der Waals surface area (Å²) in [6.45, 7) is 4.06. The molecule has 0 aromatic heterocycles. The van der Waals surface area contributed by atoms with Crippen LogP contribution in [0.2, 0.25) is 0 Å². The summed E-state index contributed by atoms with van der Waals surface area (Å²) in [6.07, 6.45) is 12.9. The number of hydrogen-bond donors (Lipinski definition) is 0. The predicted molar refractivity (Wildman–Crippen MR) is 105 cm³/mol. The summed E-state index contributed by atoms with van der Waals surface area (Å²) in [5.41, 5.74) is 8.05. The van der Waals surface area contributed by atoms with E-state index in [2.05, 4.69) is 52.5 Å². The van der Waals surface area contributed by atoms with Crippen LogP contribution in [0.4, 0.5) is 0 Å². The zero-order valence-corrected chi connectivity index (χ0v) is 15.3. The van der Waals surface area contributed by atoms with Crippen LogP contribution in [0, 0.1) is 0 Å². The van der Waals surface area contributed by atoms with Gasteiger partial charge in [-0.25, -0.2) is 0 Å². The maximum Gasteiger partial charge on any atom is 0.129 e. The maximum absolute atomic E-state index is 5.85. The molecule has 0 bridgehead atoms. The molecule has 3 aliphatic carbocycles. The lowest BCUT2D eigenvalue weighted by Gasteiger charge is -2.25. The Hall–Kier alpha value is -2.13. The first kappa shape index (κ1) is 16.1. The van der Waals surface area contributed by atoms with Gasteiger partial charge in [0, 0.05) is 23.6 Å². The molecule has 0 amide bonds. The summed E-state index contributed by atoms with van der Waals surface area (Å²) in [4.78, 5) is 8.34. The average Bonchev–Trinajstić information content (AvgIpc) is 3.50. The molecule has 2 fully saturated rings.